The van der Waals surface area contributed by atoms with Gasteiger partial charge < -0.3 is 20.0 Å². The summed E-state index contributed by atoms with van der Waals surface area (Å²) in [6.45, 7) is 1.31. The van der Waals surface area contributed by atoms with Crippen molar-refractivity contribution in [3.8, 4) is 0 Å². The molecule has 5 rings (SSSR count). The Morgan fingerprint density at radius 3 is 3.00 bits per heavy atom. The quantitative estimate of drug-likeness (QED) is 0.834. The van der Waals surface area contributed by atoms with Crippen LogP contribution >= 0.6 is 0 Å². The van der Waals surface area contributed by atoms with Gasteiger partial charge >= 0.3 is 0 Å². The number of fused-ring (bicyclic) bond motifs is 1. The van der Waals surface area contributed by atoms with E-state index in [1.165, 1.54) is 19.1 Å². The second-order valence-corrected chi connectivity index (χ2v) is 7.99. The molecular weight excluding hydrogens is 354 g/mol. The molecule has 1 atom stereocenters. The zero-order valence-corrected chi connectivity index (χ0v) is 15.9. The maximum atomic E-state index is 12.9. The normalized spacial score (nSPS) is 26.1. The number of aromatic nitrogens is 1. The van der Waals surface area contributed by atoms with Crippen LogP contribution in [0.5, 0.6) is 0 Å². The summed E-state index contributed by atoms with van der Waals surface area (Å²) in [7, 11) is 0. The molecule has 0 radical (unpaired) electrons. The number of nitrogens with one attached hydrogen (secondary N) is 2. The van der Waals surface area contributed by atoms with Crippen LogP contribution in [0.1, 0.15) is 48.9 Å². The van der Waals surface area contributed by atoms with Crippen LogP contribution < -0.4 is 10.6 Å². The van der Waals surface area contributed by atoms with Crippen LogP contribution in [0.2, 0.25) is 0 Å². The van der Waals surface area contributed by atoms with Crippen molar-refractivity contribution in [3.63, 3.8) is 0 Å². The second-order valence-electron chi connectivity index (χ2n) is 7.99. The molecule has 7 nitrogen and oxygen atoms in total. The number of nitrogens with zero attached hydrogens (tertiary/aromatic N) is 3. The minimum atomic E-state index is -0.406. The van der Waals surface area contributed by atoms with E-state index in [1.54, 1.807) is 18.5 Å². The Labute approximate surface area is 164 Å². The van der Waals surface area contributed by atoms with Crippen LogP contribution in [0.3, 0.4) is 0 Å². The number of furan rings is 1. The number of rotatable bonds is 2. The van der Waals surface area contributed by atoms with Gasteiger partial charge in [-0.2, -0.15) is 0 Å². The molecule has 3 aliphatic rings. The third kappa shape index (κ3) is 3.04. The fourth-order valence-electron chi connectivity index (χ4n) is 4.62. The SMILES string of the molecule is O=C(c1ccoc1)N1CCC[C@@]2(C1)Nc1cccnc1NC2=NC1CCCC1. The molecule has 1 saturated carbocycles. The second kappa shape index (κ2) is 6.96. The first-order valence-corrected chi connectivity index (χ1v) is 10.1. The molecule has 2 aromatic rings. The maximum absolute atomic E-state index is 12.9. The minimum absolute atomic E-state index is 0.00632. The van der Waals surface area contributed by atoms with E-state index < -0.39 is 5.54 Å². The Morgan fingerprint density at radius 1 is 1.29 bits per heavy atom. The Hall–Kier alpha value is -2.83. The number of aliphatic imine (C=N–C) groups is 1. The molecule has 2 N–H and O–H groups in total. The van der Waals surface area contributed by atoms with Crippen LogP contribution in [0.25, 0.3) is 0 Å². The first-order chi connectivity index (χ1) is 13.7. The van der Waals surface area contributed by atoms with E-state index >= 15 is 0 Å². The Balaban J connectivity index is 1.49. The van der Waals surface area contributed by atoms with Gasteiger partial charge in [0.15, 0.2) is 5.82 Å². The number of likely N-dealkylation sites (tertiary alicyclic amines) is 1. The largest absolute Gasteiger partial charge is 0.472 e. The van der Waals surface area contributed by atoms with E-state index in [-0.39, 0.29) is 5.91 Å². The number of hydrogen-bond donors (Lipinski definition) is 2. The topological polar surface area (TPSA) is 82.8 Å². The molecule has 2 aromatic heterocycles. The summed E-state index contributed by atoms with van der Waals surface area (Å²) in [6, 6.07) is 6.03. The molecule has 1 saturated heterocycles. The summed E-state index contributed by atoms with van der Waals surface area (Å²) in [6.07, 6.45) is 11.4. The van der Waals surface area contributed by atoms with Crippen LogP contribution in [0.15, 0.2) is 46.3 Å². The lowest BCUT2D eigenvalue weighted by atomic mass is 9.85. The molecule has 146 valence electrons. The van der Waals surface area contributed by atoms with Gasteiger partial charge in [0, 0.05) is 12.7 Å². The van der Waals surface area contributed by atoms with Crippen LogP contribution in [-0.4, -0.2) is 46.3 Å². The third-order valence-electron chi connectivity index (χ3n) is 6.06. The van der Waals surface area contributed by atoms with Crippen LogP contribution in [-0.2, 0) is 0 Å². The molecule has 0 bridgehead atoms. The summed E-state index contributed by atoms with van der Waals surface area (Å²) >= 11 is 0. The molecule has 28 heavy (non-hydrogen) atoms. The number of hydrogen-bond acceptors (Lipinski definition) is 5. The van der Waals surface area contributed by atoms with Gasteiger partial charge in [0.05, 0.1) is 30.1 Å². The monoisotopic (exact) mass is 379 g/mol. The summed E-state index contributed by atoms with van der Waals surface area (Å²) in [5.41, 5.74) is 1.15. The zero-order chi connectivity index (χ0) is 19.0. The number of pyridine rings is 1. The molecule has 1 amide bonds. The molecule has 1 aliphatic carbocycles. The van der Waals surface area contributed by atoms with Crippen molar-refractivity contribution in [3.05, 3.63) is 42.5 Å². The zero-order valence-electron chi connectivity index (χ0n) is 15.9. The average molecular weight is 379 g/mol. The number of amidine groups is 1. The summed E-state index contributed by atoms with van der Waals surface area (Å²) in [5.74, 6) is 1.74. The Bertz CT molecular complexity index is 888. The third-order valence-corrected chi connectivity index (χ3v) is 6.06. The fraction of sp³-hybridized carbons (Fsp3) is 0.476. The van der Waals surface area contributed by atoms with Crippen molar-refractivity contribution in [1.29, 1.82) is 0 Å². The van der Waals surface area contributed by atoms with Crippen LogP contribution in [0.4, 0.5) is 11.5 Å². The van der Waals surface area contributed by atoms with Gasteiger partial charge in [-0.25, -0.2) is 4.98 Å². The molecule has 7 heteroatoms. The van der Waals surface area contributed by atoms with Crippen molar-refractivity contribution in [2.45, 2.75) is 50.1 Å². The van der Waals surface area contributed by atoms with Gasteiger partial charge in [-0.05, 0) is 43.9 Å². The van der Waals surface area contributed by atoms with Gasteiger partial charge in [0.2, 0.25) is 0 Å². The predicted octanol–water partition coefficient (Wildman–Crippen LogP) is 3.53. The lowest BCUT2D eigenvalue weighted by Crippen LogP contribution is -2.62. The molecular formula is C21H25N5O2. The molecule has 0 aromatic carbocycles. The van der Waals surface area contributed by atoms with Crippen molar-refractivity contribution in [2.24, 2.45) is 4.99 Å². The van der Waals surface area contributed by atoms with E-state index in [0.717, 1.165) is 49.6 Å². The highest BCUT2D eigenvalue weighted by Crippen LogP contribution is 2.36. The number of carbonyl (C=O) groups excluding carboxylic acids is 1. The molecule has 0 unspecified atom stereocenters. The highest BCUT2D eigenvalue weighted by molar-refractivity contribution is 6.09. The van der Waals surface area contributed by atoms with E-state index in [4.69, 9.17) is 9.41 Å². The number of piperidine rings is 1. The Morgan fingerprint density at radius 2 is 2.18 bits per heavy atom. The summed E-state index contributed by atoms with van der Waals surface area (Å²) in [4.78, 5) is 24.4. The van der Waals surface area contributed by atoms with Gasteiger partial charge in [-0.3, -0.25) is 9.79 Å². The van der Waals surface area contributed by atoms with E-state index in [0.29, 0.717) is 18.2 Å². The first-order valence-electron chi connectivity index (χ1n) is 10.1. The first kappa shape index (κ1) is 17.3. The molecule has 2 aliphatic heterocycles. The summed E-state index contributed by atoms with van der Waals surface area (Å²) < 4.78 is 5.11. The number of carbonyl (C=O) groups is 1. The maximum Gasteiger partial charge on any atom is 0.257 e. The molecule has 1 spiro atoms. The average Bonchev–Trinajstić information content (AvgIpc) is 3.42. The Kier molecular flexibility index (Phi) is 4.30. The van der Waals surface area contributed by atoms with Gasteiger partial charge in [0.25, 0.3) is 5.91 Å². The fourth-order valence-corrected chi connectivity index (χ4v) is 4.62. The smallest absolute Gasteiger partial charge is 0.257 e. The van der Waals surface area contributed by atoms with E-state index in [1.807, 2.05) is 17.0 Å². The van der Waals surface area contributed by atoms with E-state index in [9.17, 15) is 4.79 Å². The van der Waals surface area contributed by atoms with Crippen LogP contribution in [0, 0.1) is 0 Å². The predicted molar refractivity (Wildman–Crippen MR) is 108 cm³/mol. The lowest BCUT2D eigenvalue weighted by Gasteiger charge is -2.47. The number of amides is 1. The van der Waals surface area contributed by atoms with Crippen molar-refractivity contribution in [2.75, 3.05) is 23.7 Å². The minimum Gasteiger partial charge on any atom is -0.472 e. The highest BCUT2D eigenvalue weighted by atomic mass is 16.3. The van der Waals surface area contributed by atoms with Crippen molar-refractivity contribution < 1.29 is 9.21 Å². The number of anilines is 2. The molecule has 4 heterocycles. The van der Waals surface area contributed by atoms with Crippen molar-refractivity contribution >= 4 is 23.2 Å². The van der Waals surface area contributed by atoms with E-state index in [2.05, 4.69) is 15.6 Å². The summed E-state index contributed by atoms with van der Waals surface area (Å²) in [5, 5.41) is 7.19. The lowest BCUT2D eigenvalue weighted by molar-refractivity contribution is 0.0693. The van der Waals surface area contributed by atoms with Gasteiger partial charge in [-0.1, -0.05) is 12.8 Å². The van der Waals surface area contributed by atoms with Crippen molar-refractivity contribution in [1.82, 2.24) is 9.88 Å². The van der Waals surface area contributed by atoms with Gasteiger partial charge in [-0.15, -0.1) is 0 Å². The standard InChI is InChI=1S/C21H25N5O2/c27-19(15-8-12-28-13-15)26-11-4-9-21(14-26)20(23-16-5-1-2-6-16)24-18-17(25-21)7-3-10-22-18/h3,7-8,10,12-13,16,25H,1-2,4-6,9,11,14H2,(H,22,23,24)/t21-/m0/s1. The molecule has 2 fully saturated rings. The van der Waals surface area contributed by atoms with Gasteiger partial charge in [0.1, 0.15) is 17.6 Å². The highest BCUT2D eigenvalue weighted by Gasteiger charge is 2.45.